The van der Waals surface area contributed by atoms with E-state index >= 15 is 0 Å². The van der Waals surface area contributed by atoms with E-state index in [9.17, 15) is 18.0 Å². The number of quaternary nitrogens is 1. The Morgan fingerprint density at radius 2 is 1.58 bits per heavy atom. The Bertz CT molecular complexity index is 1700. The molecule has 1 fully saturated rings. The summed E-state index contributed by atoms with van der Waals surface area (Å²) < 4.78 is 28.6. The summed E-state index contributed by atoms with van der Waals surface area (Å²) in [5.74, 6) is -1.37. The number of nitrogens with two attached hydrogens (primary N) is 2. The number of sulfonamides is 1. The van der Waals surface area contributed by atoms with E-state index in [-0.39, 0.29) is 35.3 Å². The van der Waals surface area contributed by atoms with Gasteiger partial charge in [-0.3, -0.25) is 15.0 Å². The monoisotopic (exact) mass is 715 g/mol. The molecular weight excluding hydrogens is 671 g/mol. The Balaban J connectivity index is 1.72. The average Bonchev–Trinajstić information content (AvgIpc) is 3.58. The number of nitrogens with zero attached hydrogens (tertiary/aromatic N) is 3. The smallest absolute Gasteiger partial charge is 0.329 e. The van der Waals surface area contributed by atoms with Crippen molar-refractivity contribution in [2.45, 2.75) is 50.5 Å². The molecule has 1 heterocycles. The first-order valence-corrected chi connectivity index (χ1v) is 18.3. The second kappa shape index (κ2) is 16.8. The van der Waals surface area contributed by atoms with Crippen LogP contribution in [-0.4, -0.2) is 85.6 Å². The van der Waals surface area contributed by atoms with Crippen LogP contribution < -0.4 is 11.5 Å². The summed E-state index contributed by atoms with van der Waals surface area (Å²) in [4.78, 5) is 31.0. The van der Waals surface area contributed by atoms with Crippen LogP contribution in [0.1, 0.15) is 47.9 Å². The highest BCUT2D eigenvalue weighted by Crippen LogP contribution is 2.35. The van der Waals surface area contributed by atoms with Crippen molar-refractivity contribution in [1.29, 1.82) is 5.41 Å². The molecule has 2 amide bonds. The Hall–Kier alpha value is -3.48. The van der Waals surface area contributed by atoms with E-state index in [0.29, 0.717) is 29.1 Å². The van der Waals surface area contributed by atoms with Gasteiger partial charge in [0, 0.05) is 30.1 Å². The highest BCUT2D eigenvalue weighted by Gasteiger charge is 2.48. The van der Waals surface area contributed by atoms with Gasteiger partial charge in [-0.1, -0.05) is 77.8 Å². The second-order valence-electron chi connectivity index (χ2n) is 12.4. The van der Waals surface area contributed by atoms with Crippen molar-refractivity contribution in [2.24, 2.45) is 11.5 Å². The van der Waals surface area contributed by atoms with Crippen molar-refractivity contribution < 1.29 is 21.9 Å². The summed E-state index contributed by atoms with van der Waals surface area (Å²) in [6.45, 7) is 4.01. The van der Waals surface area contributed by atoms with Gasteiger partial charge in [0.2, 0.25) is 0 Å². The molecule has 0 saturated carbocycles. The minimum atomic E-state index is -4.50. The van der Waals surface area contributed by atoms with E-state index < -0.39 is 38.8 Å². The number of unbranched alkanes of at least 4 members (excludes halogenated alkanes) is 1. The molecule has 1 atom stereocenters. The van der Waals surface area contributed by atoms with Crippen LogP contribution in [0.3, 0.4) is 0 Å². The molecule has 1 unspecified atom stereocenters. The van der Waals surface area contributed by atoms with E-state index in [4.69, 9.17) is 40.1 Å². The van der Waals surface area contributed by atoms with Gasteiger partial charge in [-0.2, -0.15) is 12.3 Å². The second-order valence-corrected chi connectivity index (χ2v) is 15.4. The third-order valence-corrected chi connectivity index (χ3v) is 12.3. The Kier molecular flexibility index (Phi) is 13.0. The Morgan fingerprint density at radius 1 is 0.917 bits per heavy atom. The van der Waals surface area contributed by atoms with Gasteiger partial charge in [0.25, 0.3) is 11.8 Å². The van der Waals surface area contributed by atoms with Crippen molar-refractivity contribution in [3.05, 3.63) is 99.0 Å². The molecule has 4 rings (SSSR count). The molecular formula is C35H45Cl2N6O4S+. The van der Waals surface area contributed by atoms with Crippen LogP contribution in [-0.2, 0) is 32.6 Å². The first-order valence-electron chi connectivity index (χ1n) is 16.1. The van der Waals surface area contributed by atoms with Gasteiger partial charge in [0.1, 0.15) is 10.7 Å². The third-order valence-electron chi connectivity index (χ3n) is 8.93. The van der Waals surface area contributed by atoms with Gasteiger partial charge in [-0.15, -0.1) is 0 Å². The van der Waals surface area contributed by atoms with Crippen LogP contribution in [0.15, 0.2) is 71.6 Å². The molecule has 0 spiro atoms. The van der Waals surface area contributed by atoms with Crippen molar-refractivity contribution >= 4 is 50.9 Å². The number of carbonyl (C=O) groups is 2. The lowest BCUT2D eigenvalue weighted by atomic mass is 10.1. The molecule has 0 aliphatic carbocycles. The summed E-state index contributed by atoms with van der Waals surface area (Å²) >= 11 is 12.9. The molecule has 1 saturated heterocycles. The van der Waals surface area contributed by atoms with Gasteiger partial charge >= 0.3 is 10.0 Å². The minimum Gasteiger partial charge on any atom is -0.384 e. The average molecular weight is 717 g/mol. The molecule has 10 nitrogen and oxygen atoms in total. The van der Waals surface area contributed by atoms with Gasteiger partial charge in [-0.25, -0.2) is 0 Å². The molecule has 5 N–H and O–H groups in total. The van der Waals surface area contributed by atoms with Crippen molar-refractivity contribution in [3.8, 4) is 0 Å². The quantitative estimate of drug-likeness (QED) is 0.0797. The number of likely N-dealkylation sites (tertiary alicyclic amines) is 1. The zero-order chi connectivity index (χ0) is 34.9. The summed E-state index contributed by atoms with van der Waals surface area (Å²) in [5, 5.41) is 7.95. The number of primary amides is 1. The largest absolute Gasteiger partial charge is 0.384 e. The number of nitrogen functional groups attached to an aromatic ring is 1. The molecule has 0 radical (unpaired) electrons. The van der Waals surface area contributed by atoms with Crippen LogP contribution in [0.4, 0.5) is 0 Å². The van der Waals surface area contributed by atoms with Crippen LogP contribution in [0, 0.1) is 12.3 Å². The van der Waals surface area contributed by atoms with Crippen LogP contribution >= 0.6 is 23.2 Å². The van der Waals surface area contributed by atoms with Crippen molar-refractivity contribution in [2.75, 3.05) is 45.8 Å². The maximum absolute atomic E-state index is 14.7. The van der Waals surface area contributed by atoms with Crippen molar-refractivity contribution in [3.63, 3.8) is 0 Å². The molecule has 3 aromatic rings. The summed E-state index contributed by atoms with van der Waals surface area (Å²) in [6, 6.07) is 19.1. The fraction of sp³-hybridized carbons (Fsp3) is 0.400. The lowest BCUT2D eigenvalue weighted by Gasteiger charge is -2.37. The number of nitrogens with one attached hydrogen (secondary N) is 1. The van der Waals surface area contributed by atoms with Gasteiger partial charge < -0.3 is 21.3 Å². The van der Waals surface area contributed by atoms with Crippen LogP contribution in [0.5, 0.6) is 0 Å². The lowest BCUT2D eigenvalue weighted by molar-refractivity contribution is -0.789. The maximum atomic E-state index is 14.7. The topological polar surface area (TPSA) is 151 Å². The maximum Gasteiger partial charge on any atom is 0.329 e. The minimum absolute atomic E-state index is 0.0639. The number of amides is 2. The van der Waals surface area contributed by atoms with Gasteiger partial charge in [-0.05, 0) is 81.1 Å². The zero-order valence-electron chi connectivity index (χ0n) is 27.3. The third kappa shape index (κ3) is 9.35. The number of carbonyl (C=O) groups excluding carboxylic acids is 2. The van der Waals surface area contributed by atoms with E-state index in [1.165, 1.54) is 25.0 Å². The predicted octanol–water partition coefficient (Wildman–Crippen LogP) is 4.72. The number of hydrogen-bond acceptors (Lipinski definition) is 6. The van der Waals surface area contributed by atoms with E-state index in [0.717, 1.165) is 37.2 Å². The zero-order valence-corrected chi connectivity index (χ0v) is 29.7. The summed E-state index contributed by atoms with van der Waals surface area (Å²) in [6.07, 6.45) is 4.22. The van der Waals surface area contributed by atoms with E-state index in [2.05, 4.69) is 4.90 Å². The van der Waals surface area contributed by atoms with Gasteiger partial charge in [0.05, 0.1) is 11.6 Å². The molecule has 48 heavy (non-hydrogen) atoms. The number of benzene rings is 3. The molecule has 13 heteroatoms. The normalized spacial score (nSPS) is 14.8. The molecule has 1 aliphatic rings. The Labute approximate surface area is 293 Å². The molecule has 1 aliphatic heterocycles. The summed E-state index contributed by atoms with van der Waals surface area (Å²) in [5.41, 5.74) is 14.0. The fourth-order valence-corrected chi connectivity index (χ4v) is 8.71. The first kappa shape index (κ1) is 37.3. The first-order chi connectivity index (χ1) is 22.8. The molecule has 3 aromatic carbocycles. The highest BCUT2D eigenvalue weighted by molar-refractivity contribution is 7.86. The van der Waals surface area contributed by atoms with E-state index in [1.54, 1.807) is 36.1 Å². The number of rotatable bonds is 17. The van der Waals surface area contributed by atoms with Crippen LogP contribution in [0.25, 0.3) is 0 Å². The molecule has 258 valence electrons. The number of amidine groups is 1. The fourth-order valence-electron chi connectivity index (χ4n) is 6.10. The predicted molar refractivity (Wildman–Crippen MR) is 190 cm³/mol. The number of hydrogen-bond donors (Lipinski definition) is 3. The SMILES string of the molecule is Cc1c(Cl)ccc(S(=O)(=O)[N+](CCc2ccccc2)(CC(N)=O)CC(=O)N(CCCCN2CCCC2)Cc2ccc(C(=N)N)cc2)c1Cl. The number of halogens is 2. The lowest BCUT2D eigenvalue weighted by Crippen LogP contribution is -2.61. The highest BCUT2D eigenvalue weighted by atomic mass is 35.5. The standard InChI is InChI=1S/C35H44Cl2N6O4S/c1-26-30(36)15-16-31(34(26)37)48(46,47)43(24-32(38)44,22-17-27-9-3-2-4-10-27)25-33(45)42(21-8-7-20-41-18-5-6-19-41)23-28-11-13-29(14-12-28)35(39)40/h2-4,9-16H,5-8,17-25H2,1H3,(H4-,38,39,40,44)/p+1. The van der Waals surface area contributed by atoms with Gasteiger partial charge in [0.15, 0.2) is 13.1 Å². The molecule has 0 bridgehead atoms. The molecule has 0 aromatic heterocycles. The van der Waals surface area contributed by atoms with Crippen molar-refractivity contribution in [1.82, 2.24) is 9.80 Å². The summed E-state index contributed by atoms with van der Waals surface area (Å²) in [7, 11) is -4.50. The Morgan fingerprint density at radius 3 is 2.21 bits per heavy atom. The van der Waals surface area contributed by atoms with E-state index in [1.807, 2.05) is 30.3 Å². The van der Waals surface area contributed by atoms with Crippen LogP contribution in [0.2, 0.25) is 10.0 Å².